The largest absolute Gasteiger partial charge is 0.496 e. The molecule has 9 heteroatoms. The third kappa shape index (κ3) is 5.02. The Morgan fingerprint density at radius 3 is 2.24 bits per heavy atom. The van der Waals surface area contributed by atoms with E-state index in [0.29, 0.717) is 53.1 Å². The van der Waals surface area contributed by atoms with Gasteiger partial charge in [0.05, 0.1) is 22.1 Å². The molecule has 0 bridgehead atoms. The molecule has 4 rings (SSSR count). The Kier molecular flexibility index (Phi) is 7.07. The van der Waals surface area contributed by atoms with Crippen LogP contribution < -0.4 is 9.64 Å². The van der Waals surface area contributed by atoms with E-state index in [-0.39, 0.29) is 10.8 Å². The Labute approximate surface area is 209 Å². The molecule has 1 amide bonds. The van der Waals surface area contributed by atoms with Crippen molar-refractivity contribution < 1.29 is 17.9 Å². The molecule has 6 nitrogen and oxygen atoms in total. The maximum atomic E-state index is 13.6. The number of sulfone groups is 1. The highest BCUT2D eigenvalue weighted by atomic mass is 35.5. The number of nitrogens with zero attached hydrogens (tertiary/aromatic N) is 2. The van der Waals surface area contributed by atoms with Gasteiger partial charge in [-0.3, -0.25) is 4.79 Å². The number of carbonyl (C=O) groups is 1. The van der Waals surface area contributed by atoms with E-state index in [4.69, 9.17) is 27.9 Å². The van der Waals surface area contributed by atoms with E-state index in [1.54, 1.807) is 24.1 Å². The number of ether oxygens (including phenoxy) is 1. The van der Waals surface area contributed by atoms with E-state index in [1.165, 1.54) is 12.1 Å². The number of para-hydroxylation sites is 1. The second-order valence-corrected chi connectivity index (χ2v) is 10.9. The number of anilines is 1. The molecule has 0 radical (unpaired) electrons. The minimum Gasteiger partial charge on any atom is -0.496 e. The lowest BCUT2D eigenvalue weighted by Gasteiger charge is -2.36. The Bertz CT molecular complexity index is 1340. The predicted octanol–water partition coefficient (Wildman–Crippen LogP) is 5.03. The van der Waals surface area contributed by atoms with Crippen LogP contribution in [0.3, 0.4) is 0 Å². The average Bonchev–Trinajstić information content (AvgIpc) is 2.84. The van der Waals surface area contributed by atoms with Gasteiger partial charge in [-0.25, -0.2) is 8.42 Å². The van der Waals surface area contributed by atoms with E-state index < -0.39 is 9.84 Å². The van der Waals surface area contributed by atoms with Gasteiger partial charge in [-0.1, -0.05) is 47.5 Å². The van der Waals surface area contributed by atoms with Crippen molar-refractivity contribution in [3.05, 3.63) is 76.3 Å². The molecule has 3 aromatic rings. The van der Waals surface area contributed by atoms with Crippen LogP contribution in [-0.4, -0.2) is 58.8 Å². The van der Waals surface area contributed by atoms with E-state index in [0.717, 1.165) is 17.5 Å². The number of halogens is 2. The molecule has 0 aliphatic carbocycles. The van der Waals surface area contributed by atoms with Crippen molar-refractivity contribution in [3.8, 4) is 16.9 Å². The Hall–Kier alpha value is -2.74. The van der Waals surface area contributed by atoms with E-state index >= 15 is 0 Å². The van der Waals surface area contributed by atoms with Gasteiger partial charge in [0.1, 0.15) is 5.75 Å². The first-order chi connectivity index (χ1) is 16.2. The second kappa shape index (κ2) is 9.86. The number of hydrogen-bond donors (Lipinski definition) is 0. The van der Waals surface area contributed by atoms with Crippen molar-refractivity contribution >= 4 is 44.6 Å². The molecule has 1 fully saturated rings. The van der Waals surface area contributed by atoms with Crippen molar-refractivity contribution in [1.29, 1.82) is 0 Å². The summed E-state index contributed by atoms with van der Waals surface area (Å²) in [5.74, 6) is 0.383. The third-order valence-corrected chi connectivity index (χ3v) is 7.73. The standard InChI is InChI=1S/C25H24Cl2N2O4S/c1-33-24-6-4-3-5-20(24)19-9-8-18(34(2,31)32)16-21(19)25(30)29-13-11-28(12-14-29)17-7-10-22(26)23(27)15-17/h3-10,15-16H,11-14H2,1-2H3. The zero-order chi connectivity index (χ0) is 24.5. The van der Waals surface area contributed by atoms with Crippen LogP contribution in [0.4, 0.5) is 5.69 Å². The average molecular weight is 519 g/mol. The number of benzene rings is 3. The number of amides is 1. The molecular weight excluding hydrogens is 495 g/mol. The van der Waals surface area contributed by atoms with Gasteiger partial charge in [-0.2, -0.15) is 0 Å². The SMILES string of the molecule is COc1ccccc1-c1ccc(S(C)(=O)=O)cc1C(=O)N1CCN(c2ccc(Cl)c(Cl)c2)CC1. The lowest BCUT2D eigenvalue weighted by Crippen LogP contribution is -2.49. The molecule has 34 heavy (non-hydrogen) atoms. The van der Waals surface area contributed by atoms with Crippen LogP contribution in [0.25, 0.3) is 11.1 Å². The summed E-state index contributed by atoms with van der Waals surface area (Å²) < 4.78 is 29.9. The highest BCUT2D eigenvalue weighted by molar-refractivity contribution is 7.90. The molecule has 0 aromatic heterocycles. The van der Waals surface area contributed by atoms with Crippen LogP contribution in [0.1, 0.15) is 10.4 Å². The highest BCUT2D eigenvalue weighted by Gasteiger charge is 2.26. The molecule has 0 spiro atoms. The van der Waals surface area contributed by atoms with Gasteiger partial charge < -0.3 is 14.5 Å². The first kappa shape index (κ1) is 24.4. The Morgan fingerprint density at radius 1 is 0.882 bits per heavy atom. The molecule has 178 valence electrons. The first-order valence-corrected chi connectivity index (χ1v) is 13.3. The van der Waals surface area contributed by atoms with E-state index in [9.17, 15) is 13.2 Å². The van der Waals surface area contributed by atoms with Gasteiger partial charge in [-0.15, -0.1) is 0 Å². The molecule has 1 heterocycles. The minimum absolute atomic E-state index is 0.101. The predicted molar refractivity (Wildman–Crippen MR) is 136 cm³/mol. The molecular formula is C25H24Cl2N2O4S. The molecule has 0 saturated carbocycles. The number of methoxy groups -OCH3 is 1. The van der Waals surface area contributed by atoms with Crippen LogP contribution in [0.5, 0.6) is 5.75 Å². The monoisotopic (exact) mass is 518 g/mol. The van der Waals surface area contributed by atoms with Crippen molar-refractivity contribution in [2.45, 2.75) is 4.90 Å². The summed E-state index contributed by atoms with van der Waals surface area (Å²) in [6, 6.07) is 17.5. The van der Waals surface area contributed by atoms with Crippen LogP contribution in [-0.2, 0) is 9.84 Å². The maximum Gasteiger partial charge on any atom is 0.254 e. The van der Waals surface area contributed by atoms with Gasteiger partial charge in [0.2, 0.25) is 0 Å². The van der Waals surface area contributed by atoms with Gasteiger partial charge in [-0.05, 0) is 42.0 Å². The number of carbonyl (C=O) groups excluding carboxylic acids is 1. The van der Waals surface area contributed by atoms with Crippen molar-refractivity contribution in [3.63, 3.8) is 0 Å². The van der Waals surface area contributed by atoms with Crippen LogP contribution in [0, 0.1) is 0 Å². The first-order valence-electron chi connectivity index (χ1n) is 10.7. The number of rotatable bonds is 5. The lowest BCUT2D eigenvalue weighted by atomic mass is 9.97. The third-order valence-electron chi connectivity index (χ3n) is 5.88. The quantitative estimate of drug-likeness (QED) is 0.473. The zero-order valence-corrected chi connectivity index (χ0v) is 21.1. The second-order valence-electron chi connectivity index (χ2n) is 8.06. The molecule has 1 aliphatic rings. The van der Waals surface area contributed by atoms with Crippen molar-refractivity contribution in [2.75, 3.05) is 44.4 Å². The van der Waals surface area contributed by atoms with E-state index in [2.05, 4.69) is 4.90 Å². The summed E-state index contributed by atoms with van der Waals surface area (Å²) in [7, 11) is -1.93. The smallest absolute Gasteiger partial charge is 0.254 e. The number of hydrogen-bond acceptors (Lipinski definition) is 5. The Balaban J connectivity index is 1.65. The zero-order valence-electron chi connectivity index (χ0n) is 18.8. The summed E-state index contributed by atoms with van der Waals surface area (Å²) in [4.78, 5) is 17.6. The fourth-order valence-electron chi connectivity index (χ4n) is 4.05. The van der Waals surface area contributed by atoms with Gasteiger partial charge >= 0.3 is 0 Å². The summed E-state index contributed by atoms with van der Waals surface area (Å²) in [5.41, 5.74) is 2.62. The van der Waals surface area contributed by atoms with Crippen LogP contribution in [0.2, 0.25) is 10.0 Å². The Morgan fingerprint density at radius 2 is 1.59 bits per heavy atom. The topological polar surface area (TPSA) is 66.9 Å². The summed E-state index contributed by atoms with van der Waals surface area (Å²) in [6.45, 7) is 2.18. The van der Waals surface area contributed by atoms with Gasteiger partial charge in [0.15, 0.2) is 9.84 Å². The normalized spacial score (nSPS) is 14.2. The summed E-state index contributed by atoms with van der Waals surface area (Å²) in [6.07, 6.45) is 1.13. The summed E-state index contributed by atoms with van der Waals surface area (Å²) >= 11 is 12.2. The number of piperazine rings is 1. The van der Waals surface area contributed by atoms with Crippen molar-refractivity contribution in [1.82, 2.24) is 4.90 Å². The fourth-order valence-corrected chi connectivity index (χ4v) is 4.99. The molecule has 0 atom stereocenters. The van der Waals surface area contributed by atoms with E-state index in [1.807, 2.05) is 36.4 Å². The van der Waals surface area contributed by atoms with Crippen LogP contribution >= 0.6 is 23.2 Å². The lowest BCUT2D eigenvalue weighted by molar-refractivity contribution is 0.0747. The molecule has 0 unspecified atom stereocenters. The molecule has 1 saturated heterocycles. The van der Waals surface area contributed by atoms with Crippen LogP contribution in [0.15, 0.2) is 65.6 Å². The van der Waals surface area contributed by atoms with Gasteiger partial charge in [0.25, 0.3) is 5.91 Å². The molecule has 0 N–H and O–H groups in total. The maximum absolute atomic E-state index is 13.6. The highest BCUT2D eigenvalue weighted by Crippen LogP contribution is 2.34. The fraction of sp³-hybridized carbons (Fsp3) is 0.240. The molecule has 1 aliphatic heterocycles. The minimum atomic E-state index is -3.49. The van der Waals surface area contributed by atoms with Crippen molar-refractivity contribution in [2.24, 2.45) is 0 Å². The molecule has 3 aromatic carbocycles. The van der Waals surface area contributed by atoms with Gasteiger partial charge in [0, 0.05) is 49.2 Å². The summed E-state index contributed by atoms with van der Waals surface area (Å²) in [5, 5.41) is 0.977.